The second kappa shape index (κ2) is 7.02. The molecule has 3 aromatic rings. The molecule has 1 atom stereocenters. The number of rotatable bonds is 2. The summed E-state index contributed by atoms with van der Waals surface area (Å²) in [4.78, 5) is 24.7. The van der Waals surface area contributed by atoms with E-state index in [0.717, 1.165) is 42.9 Å². The lowest BCUT2D eigenvalue weighted by Crippen LogP contribution is -2.34. The van der Waals surface area contributed by atoms with Crippen LogP contribution in [0.25, 0.3) is 22.3 Å². The van der Waals surface area contributed by atoms with Gasteiger partial charge in [0.25, 0.3) is 5.56 Å². The summed E-state index contributed by atoms with van der Waals surface area (Å²) < 4.78 is 1.67. The Labute approximate surface area is 164 Å². The van der Waals surface area contributed by atoms with Crippen molar-refractivity contribution in [3.63, 3.8) is 0 Å². The number of benzene rings is 1. The van der Waals surface area contributed by atoms with Crippen LogP contribution in [0.2, 0.25) is 0 Å². The van der Waals surface area contributed by atoms with Crippen molar-refractivity contribution in [3.8, 4) is 17.0 Å². The standard InChI is InChI=1S/C22H26N4O2/c1-13-10-14(2)19(18(27)11-13)17-8-7-16-20(23-17)24-21(26(4)22(16)28)15-6-5-9-25(3)12-15/h7-8,10-11,15,27H,5-6,9,12H2,1-4H3. The molecule has 1 aliphatic rings. The van der Waals surface area contributed by atoms with Gasteiger partial charge < -0.3 is 10.0 Å². The summed E-state index contributed by atoms with van der Waals surface area (Å²) >= 11 is 0. The molecule has 3 heterocycles. The van der Waals surface area contributed by atoms with Gasteiger partial charge in [-0.2, -0.15) is 0 Å². The highest BCUT2D eigenvalue weighted by atomic mass is 16.3. The maximum Gasteiger partial charge on any atom is 0.262 e. The molecule has 0 aliphatic carbocycles. The molecule has 1 unspecified atom stereocenters. The van der Waals surface area contributed by atoms with Gasteiger partial charge in [-0.15, -0.1) is 0 Å². The fourth-order valence-electron chi connectivity index (χ4n) is 4.33. The second-order valence-electron chi connectivity index (χ2n) is 7.98. The van der Waals surface area contributed by atoms with Crippen LogP contribution < -0.4 is 5.56 Å². The van der Waals surface area contributed by atoms with E-state index in [1.54, 1.807) is 29.8 Å². The number of phenolic OH excluding ortho intramolecular Hbond substituents is 1. The third kappa shape index (κ3) is 3.18. The lowest BCUT2D eigenvalue weighted by atomic mass is 9.97. The molecule has 146 valence electrons. The topological polar surface area (TPSA) is 71.2 Å². The van der Waals surface area contributed by atoms with E-state index in [1.807, 2.05) is 19.9 Å². The summed E-state index contributed by atoms with van der Waals surface area (Å²) in [5, 5.41) is 11.0. The van der Waals surface area contributed by atoms with Crippen LogP contribution in [0.3, 0.4) is 0 Å². The first-order chi connectivity index (χ1) is 13.3. The second-order valence-corrected chi connectivity index (χ2v) is 7.98. The number of piperidine rings is 1. The van der Waals surface area contributed by atoms with E-state index >= 15 is 0 Å². The van der Waals surface area contributed by atoms with Crippen LogP contribution in [0.15, 0.2) is 29.1 Å². The molecule has 6 nitrogen and oxygen atoms in total. The van der Waals surface area contributed by atoms with Crippen molar-refractivity contribution in [1.29, 1.82) is 0 Å². The van der Waals surface area contributed by atoms with Crippen LogP contribution in [0.1, 0.15) is 35.7 Å². The SMILES string of the molecule is Cc1cc(C)c(-c2ccc3c(=O)n(C)c(C4CCCN(C)C4)nc3n2)c(O)c1. The summed E-state index contributed by atoms with van der Waals surface area (Å²) in [6.07, 6.45) is 2.12. The molecule has 0 spiro atoms. The van der Waals surface area contributed by atoms with Gasteiger partial charge in [-0.3, -0.25) is 9.36 Å². The molecule has 0 radical (unpaired) electrons. The number of hydrogen-bond acceptors (Lipinski definition) is 5. The van der Waals surface area contributed by atoms with E-state index < -0.39 is 0 Å². The van der Waals surface area contributed by atoms with E-state index in [4.69, 9.17) is 4.98 Å². The first kappa shape index (κ1) is 18.6. The van der Waals surface area contributed by atoms with Crippen molar-refractivity contribution in [2.75, 3.05) is 20.1 Å². The zero-order valence-corrected chi connectivity index (χ0v) is 16.9. The predicted octanol–water partition coefficient (Wildman–Crippen LogP) is 3.13. The molecule has 0 bridgehead atoms. The number of phenols is 1. The minimum atomic E-state index is -0.0721. The van der Waals surface area contributed by atoms with Gasteiger partial charge in [-0.25, -0.2) is 9.97 Å². The monoisotopic (exact) mass is 378 g/mol. The zero-order valence-electron chi connectivity index (χ0n) is 16.9. The molecular formula is C22H26N4O2. The van der Waals surface area contributed by atoms with Crippen LogP contribution >= 0.6 is 0 Å². The fraction of sp³-hybridized carbons (Fsp3) is 0.409. The van der Waals surface area contributed by atoms with Crippen molar-refractivity contribution in [2.24, 2.45) is 7.05 Å². The fourth-order valence-corrected chi connectivity index (χ4v) is 4.33. The number of aromatic hydroxyl groups is 1. The van der Waals surface area contributed by atoms with Crippen molar-refractivity contribution < 1.29 is 5.11 Å². The largest absolute Gasteiger partial charge is 0.507 e. The Balaban J connectivity index is 1.88. The van der Waals surface area contributed by atoms with Gasteiger partial charge in [0.1, 0.15) is 11.6 Å². The number of likely N-dealkylation sites (tertiary alicyclic amines) is 1. The highest BCUT2D eigenvalue weighted by Gasteiger charge is 2.24. The minimum Gasteiger partial charge on any atom is -0.507 e. The number of aromatic nitrogens is 3. The Bertz CT molecular complexity index is 1100. The van der Waals surface area contributed by atoms with Gasteiger partial charge in [-0.1, -0.05) is 6.07 Å². The number of aryl methyl sites for hydroxylation is 2. The molecule has 1 N–H and O–H groups in total. The lowest BCUT2D eigenvalue weighted by molar-refractivity contribution is 0.243. The van der Waals surface area contributed by atoms with Gasteiger partial charge in [-0.05, 0) is 69.6 Å². The Kier molecular flexibility index (Phi) is 4.67. The maximum atomic E-state index is 12.9. The van der Waals surface area contributed by atoms with Crippen molar-refractivity contribution in [3.05, 3.63) is 51.6 Å². The van der Waals surface area contributed by atoms with Gasteiger partial charge in [0, 0.05) is 25.1 Å². The van der Waals surface area contributed by atoms with E-state index in [-0.39, 0.29) is 17.2 Å². The molecule has 0 amide bonds. The molecule has 1 fully saturated rings. The van der Waals surface area contributed by atoms with Crippen LogP contribution in [0.5, 0.6) is 5.75 Å². The van der Waals surface area contributed by atoms with Gasteiger partial charge in [0.05, 0.1) is 11.1 Å². The van der Waals surface area contributed by atoms with Crippen LogP contribution in [0, 0.1) is 13.8 Å². The van der Waals surface area contributed by atoms with Gasteiger partial charge in [0.15, 0.2) is 5.65 Å². The van der Waals surface area contributed by atoms with E-state index in [9.17, 15) is 9.90 Å². The van der Waals surface area contributed by atoms with Crippen LogP contribution in [0.4, 0.5) is 0 Å². The molecule has 1 aliphatic heterocycles. The quantitative estimate of drug-likeness (QED) is 0.742. The average molecular weight is 378 g/mol. The molecule has 2 aromatic heterocycles. The molecule has 0 saturated carbocycles. The third-order valence-electron chi connectivity index (χ3n) is 5.68. The molecule has 1 saturated heterocycles. The highest BCUT2D eigenvalue weighted by Crippen LogP contribution is 2.33. The summed E-state index contributed by atoms with van der Waals surface area (Å²) in [7, 11) is 3.90. The van der Waals surface area contributed by atoms with E-state index in [0.29, 0.717) is 22.3 Å². The van der Waals surface area contributed by atoms with Crippen LogP contribution in [-0.4, -0.2) is 44.7 Å². The Morgan fingerprint density at radius 2 is 1.93 bits per heavy atom. The average Bonchev–Trinajstić information content (AvgIpc) is 2.63. The Morgan fingerprint density at radius 1 is 1.14 bits per heavy atom. The van der Waals surface area contributed by atoms with E-state index in [2.05, 4.69) is 16.9 Å². The van der Waals surface area contributed by atoms with Crippen LogP contribution in [-0.2, 0) is 7.05 Å². The van der Waals surface area contributed by atoms with Gasteiger partial charge in [0.2, 0.25) is 0 Å². The normalized spacial score (nSPS) is 17.9. The first-order valence-electron chi connectivity index (χ1n) is 9.72. The molecular weight excluding hydrogens is 352 g/mol. The molecule has 1 aromatic carbocycles. The molecule has 4 rings (SSSR count). The van der Waals surface area contributed by atoms with Crippen molar-refractivity contribution in [1.82, 2.24) is 19.4 Å². The lowest BCUT2D eigenvalue weighted by Gasteiger charge is -2.30. The molecule has 28 heavy (non-hydrogen) atoms. The van der Waals surface area contributed by atoms with E-state index in [1.165, 1.54) is 0 Å². The number of pyridine rings is 1. The van der Waals surface area contributed by atoms with Gasteiger partial charge >= 0.3 is 0 Å². The van der Waals surface area contributed by atoms with Crippen molar-refractivity contribution >= 4 is 11.0 Å². The summed E-state index contributed by atoms with van der Waals surface area (Å²) in [6.45, 7) is 5.87. The minimum absolute atomic E-state index is 0.0721. The third-order valence-corrected chi connectivity index (χ3v) is 5.68. The summed E-state index contributed by atoms with van der Waals surface area (Å²) in [6, 6.07) is 7.30. The summed E-state index contributed by atoms with van der Waals surface area (Å²) in [5.74, 6) is 1.21. The summed E-state index contributed by atoms with van der Waals surface area (Å²) in [5.41, 5.74) is 3.64. The smallest absolute Gasteiger partial charge is 0.262 e. The number of likely N-dealkylation sites (N-methyl/N-ethyl adjacent to an activating group) is 1. The Hall–Kier alpha value is -2.73. The predicted molar refractivity (Wildman–Crippen MR) is 111 cm³/mol. The highest BCUT2D eigenvalue weighted by molar-refractivity contribution is 5.80. The number of nitrogens with zero attached hydrogens (tertiary/aromatic N) is 4. The Morgan fingerprint density at radius 3 is 2.64 bits per heavy atom. The van der Waals surface area contributed by atoms with Crippen molar-refractivity contribution in [2.45, 2.75) is 32.6 Å². The number of fused-ring (bicyclic) bond motifs is 1. The zero-order chi connectivity index (χ0) is 20.0. The molecule has 6 heteroatoms. The first-order valence-corrected chi connectivity index (χ1v) is 9.72. The maximum absolute atomic E-state index is 12.9. The number of hydrogen-bond donors (Lipinski definition) is 1.